The highest BCUT2D eigenvalue weighted by Gasteiger charge is 2.39. The molecule has 10 heteroatoms. The Hall–Kier alpha value is -3.69. The van der Waals surface area contributed by atoms with Gasteiger partial charge in [0.2, 0.25) is 0 Å². The van der Waals surface area contributed by atoms with Crippen LogP contribution in [0.2, 0.25) is 0 Å². The first-order chi connectivity index (χ1) is 16.2. The number of hydrogen-bond acceptors (Lipinski definition) is 8. The number of nitro groups is 1. The highest BCUT2D eigenvalue weighted by Crippen LogP contribution is 2.39. The van der Waals surface area contributed by atoms with Crippen molar-refractivity contribution in [1.29, 1.82) is 0 Å². The number of benzene rings is 1. The van der Waals surface area contributed by atoms with Gasteiger partial charge in [-0.3, -0.25) is 14.9 Å². The highest BCUT2D eigenvalue weighted by atomic mass is 16.6. The van der Waals surface area contributed by atoms with Crippen molar-refractivity contribution in [3.05, 3.63) is 62.5 Å². The van der Waals surface area contributed by atoms with Gasteiger partial charge in [0.05, 0.1) is 23.5 Å². The lowest BCUT2D eigenvalue weighted by molar-refractivity contribution is -0.384. The van der Waals surface area contributed by atoms with E-state index in [1.807, 2.05) is 0 Å². The Morgan fingerprint density at radius 2 is 1.60 bits per heavy atom. The topological polar surface area (TPSA) is 137 Å². The minimum absolute atomic E-state index is 0.125. The second-order valence-electron chi connectivity index (χ2n) is 9.70. The normalized spacial score (nSPS) is 17.0. The number of methoxy groups -OCH3 is 1. The Balaban J connectivity index is 2.56. The molecule has 2 atom stereocenters. The number of esters is 2. The molecule has 35 heavy (non-hydrogen) atoms. The monoisotopic (exact) mass is 487 g/mol. The molecule has 0 bridgehead atoms. The molecule has 0 fully saturated rings. The number of carbonyl (C=O) groups excluding carboxylic acids is 3. The molecule has 2 N–H and O–H groups in total. The molecule has 0 saturated heterocycles. The summed E-state index contributed by atoms with van der Waals surface area (Å²) in [5, 5.41) is 16.9. The molecule has 190 valence electrons. The van der Waals surface area contributed by atoms with Crippen molar-refractivity contribution >= 4 is 23.5 Å². The summed E-state index contributed by atoms with van der Waals surface area (Å²) in [6.45, 7) is 12.1. The second kappa shape index (κ2) is 10.7. The van der Waals surface area contributed by atoms with Crippen molar-refractivity contribution < 1.29 is 28.8 Å². The van der Waals surface area contributed by atoms with Gasteiger partial charge in [-0.2, -0.15) is 0 Å². The molecule has 0 aromatic heterocycles. The summed E-state index contributed by atoms with van der Waals surface area (Å²) in [5.41, 5.74) is 0.966. The van der Waals surface area contributed by atoms with Gasteiger partial charge in [-0.25, -0.2) is 9.59 Å². The zero-order chi connectivity index (χ0) is 26.7. The average Bonchev–Trinajstić information content (AvgIpc) is 2.74. The Labute approximate surface area is 204 Å². The minimum atomic E-state index is -0.937. The number of allylic oxidation sites excluding steroid dienone is 2. The van der Waals surface area contributed by atoms with Crippen molar-refractivity contribution in [2.45, 2.75) is 66.0 Å². The summed E-state index contributed by atoms with van der Waals surface area (Å²) in [7, 11) is 1.23. The molecule has 2 unspecified atom stereocenters. The molecule has 1 aromatic rings. The smallest absolute Gasteiger partial charge is 0.336 e. The Kier molecular flexibility index (Phi) is 8.43. The van der Waals surface area contributed by atoms with Crippen molar-refractivity contribution in [3.8, 4) is 0 Å². The number of amides is 1. The lowest BCUT2D eigenvalue weighted by atomic mass is 9.79. The molecular formula is C25H33N3O7. The zero-order valence-electron chi connectivity index (χ0n) is 21.3. The van der Waals surface area contributed by atoms with Gasteiger partial charge >= 0.3 is 11.9 Å². The highest BCUT2D eigenvalue weighted by molar-refractivity contribution is 6.03. The Morgan fingerprint density at radius 3 is 2.06 bits per heavy atom. The van der Waals surface area contributed by atoms with E-state index in [-0.39, 0.29) is 22.8 Å². The van der Waals surface area contributed by atoms with Crippen LogP contribution < -0.4 is 10.6 Å². The standard InChI is InChI=1S/C25H33N3O7/c1-13(2)21(24(31)35-25(5,6)7)27-22(29)18-14(3)26-15(4)19(23(30)34-8)20(18)16-9-11-17(12-10-16)28(32)33/h9-13,20-21,26H,1-8H3,(H,27,29). The Bertz CT molecular complexity index is 1080. The molecule has 10 nitrogen and oxygen atoms in total. The third kappa shape index (κ3) is 6.46. The number of ether oxygens (including phenoxy) is 2. The lowest BCUT2D eigenvalue weighted by Crippen LogP contribution is -2.49. The van der Waals surface area contributed by atoms with Crippen LogP contribution in [0.5, 0.6) is 0 Å². The third-order valence-corrected chi connectivity index (χ3v) is 5.46. The van der Waals surface area contributed by atoms with Gasteiger partial charge in [-0.1, -0.05) is 26.0 Å². The number of carbonyl (C=O) groups is 3. The van der Waals surface area contributed by atoms with E-state index in [9.17, 15) is 24.5 Å². The van der Waals surface area contributed by atoms with Crippen molar-refractivity contribution in [2.24, 2.45) is 5.92 Å². The first kappa shape index (κ1) is 27.6. The van der Waals surface area contributed by atoms with Crippen molar-refractivity contribution in [1.82, 2.24) is 10.6 Å². The predicted octanol–water partition coefficient (Wildman–Crippen LogP) is 3.49. The van der Waals surface area contributed by atoms with Crippen LogP contribution in [-0.2, 0) is 23.9 Å². The minimum Gasteiger partial charge on any atom is -0.466 e. The molecule has 1 heterocycles. The van der Waals surface area contributed by atoms with Crippen LogP contribution in [0.25, 0.3) is 0 Å². The summed E-state index contributed by atoms with van der Waals surface area (Å²) in [6, 6.07) is 4.68. The number of dihydropyridines is 1. The first-order valence-corrected chi connectivity index (χ1v) is 11.2. The maximum atomic E-state index is 13.6. The van der Waals surface area contributed by atoms with Gasteiger partial charge < -0.3 is 20.1 Å². The van der Waals surface area contributed by atoms with Gasteiger partial charge in [0.15, 0.2) is 0 Å². The molecule has 0 spiro atoms. The van der Waals surface area contributed by atoms with Crippen LogP contribution in [0.15, 0.2) is 46.8 Å². The lowest BCUT2D eigenvalue weighted by Gasteiger charge is -2.32. The van der Waals surface area contributed by atoms with E-state index < -0.39 is 40.3 Å². The number of nitrogens with one attached hydrogen (secondary N) is 2. The zero-order valence-corrected chi connectivity index (χ0v) is 21.3. The van der Waals surface area contributed by atoms with Crippen LogP contribution >= 0.6 is 0 Å². The third-order valence-electron chi connectivity index (χ3n) is 5.46. The van der Waals surface area contributed by atoms with Crippen LogP contribution in [0, 0.1) is 16.0 Å². The summed E-state index contributed by atoms with van der Waals surface area (Å²) < 4.78 is 10.5. The van der Waals surface area contributed by atoms with Crippen LogP contribution in [0.3, 0.4) is 0 Å². The number of nitro benzene ring substituents is 1. The summed E-state index contributed by atoms with van der Waals surface area (Å²) in [5.74, 6) is -2.95. The molecule has 1 amide bonds. The predicted molar refractivity (Wildman–Crippen MR) is 129 cm³/mol. The molecule has 0 radical (unpaired) electrons. The van der Waals surface area contributed by atoms with Gasteiger partial charge in [0.1, 0.15) is 11.6 Å². The molecule has 1 aliphatic heterocycles. The molecule has 0 saturated carbocycles. The first-order valence-electron chi connectivity index (χ1n) is 11.2. The average molecular weight is 488 g/mol. The van der Waals surface area contributed by atoms with Gasteiger partial charge in [0.25, 0.3) is 11.6 Å². The van der Waals surface area contributed by atoms with Crippen LogP contribution in [0.4, 0.5) is 5.69 Å². The SMILES string of the molecule is COC(=O)C1=C(C)NC(C)=C(C(=O)NC(C(=O)OC(C)(C)C)C(C)C)C1c1ccc([N+](=O)[O-])cc1. The summed E-state index contributed by atoms with van der Waals surface area (Å²) in [6.07, 6.45) is 0. The van der Waals surface area contributed by atoms with E-state index in [0.29, 0.717) is 17.0 Å². The van der Waals surface area contributed by atoms with Crippen molar-refractivity contribution in [2.75, 3.05) is 7.11 Å². The maximum absolute atomic E-state index is 13.6. The molecule has 0 aliphatic carbocycles. The van der Waals surface area contributed by atoms with E-state index in [4.69, 9.17) is 9.47 Å². The van der Waals surface area contributed by atoms with Gasteiger partial charge in [0, 0.05) is 29.1 Å². The molecule has 1 aromatic carbocycles. The summed E-state index contributed by atoms with van der Waals surface area (Å²) in [4.78, 5) is 49.8. The fourth-order valence-corrected chi connectivity index (χ4v) is 3.88. The number of nitrogens with zero attached hydrogens (tertiary/aromatic N) is 1. The second-order valence-corrected chi connectivity index (χ2v) is 9.70. The number of rotatable bonds is 7. The number of non-ortho nitro benzene ring substituents is 1. The molecule has 1 aliphatic rings. The number of hydrogen-bond donors (Lipinski definition) is 2. The fourth-order valence-electron chi connectivity index (χ4n) is 3.88. The molecule has 2 rings (SSSR count). The van der Waals surface area contributed by atoms with Gasteiger partial charge in [-0.15, -0.1) is 0 Å². The molecular weight excluding hydrogens is 454 g/mol. The summed E-state index contributed by atoms with van der Waals surface area (Å²) >= 11 is 0. The van der Waals surface area contributed by atoms with E-state index in [1.165, 1.54) is 31.4 Å². The fraction of sp³-hybridized carbons (Fsp3) is 0.480. The van der Waals surface area contributed by atoms with Crippen LogP contribution in [0.1, 0.15) is 59.9 Å². The van der Waals surface area contributed by atoms with E-state index in [1.54, 1.807) is 48.5 Å². The van der Waals surface area contributed by atoms with E-state index in [2.05, 4.69) is 10.6 Å². The van der Waals surface area contributed by atoms with E-state index in [0.717, 1.165) is 0 Å². The van der Waals surface area contributed by atoms with Gasteiger partial charge in [-0.05, 0) is 46.1 Å². The van der Waals surface area contributed by atoms with E-state index >= 15 is 0 Å². The quantitative estimate of drug-likeness (QED) is 0.339. The van der Waals surface area contributed by atoms with Crippen molar-refractivity contribution in [3.63, 3.8) is 0 Å². The van der Waals surface area contributed by atoms with Crippen LogP contribution in [-0.4, -0.2) is 41.5 Å². The maximum Gasteiger partial charge on any atom is 0.336 e. The Morgan fingerprint density at radius 1 is 1.06 bits per heavy atom. The largest absolute Gasteiger partial charge is 0.466 e.